The second kappa shape index (κ2) is 6.48. The summed E-state index contributed by atoms with van der Waals surface area (Å²) in [7, 11) is 1.66. The van der Waals surface area contributed by atoms with Gasteiger partial charge >= 0.3 is 5.97 Å². The van der Waals surface area contributed by atoms with Gasteiger partial charge in [-0.2, -0.15) is 0 Å². The maximum atomic E-state index is 11.9. The molecule has 0 heterocycles. The van der Waals surface area contributed by atoms with Crippen molar-refractivity contribution in [3.8, 4) is 0 Å². The zero-order valence-electron chi connectivity index (χ0n) is 10.3. The third kappa shape index (κ3) is 5.11. The van der Waals surface area contributed by atoms with Gasteiger partial charge in [0, 0.05) is 20.0 Å². The normalized spacial score (nSPS) is 14.2. The zero-order chi connectivity index (χ0) is 12.8. The minimum atomic E-state index is -0.843. The summed E-state index contributed by atoms with van der Waals surface area (Å²) in [6.45, 7) is 4.12. The molecule has 0 aliphatic heterocycles. The molecule has 5 nitrogen and oxygen atoms in total. The molecule has 0 rings (SSSR count). The molecule has 94 valence electrons. The highest BCUT2D eigenvalue weighted by Crippen LogP contribution is 2.12. The van der Waals surface area contributed by atoms with Gasteiger partial charge in [-0.1, -0.05) is 13.3 Å². The van der Waals surface area contributed by atoms with Crippen LogP contribution in [0, 0.1) is 0 Å². The van der Waals surface area contributed by atoms with Crippen molar-refractivity contribution in [2.75, 3.05) is 13.6 Å². The van der Waals surface area contributed by atoms with Crippen molar-refractivity contribution in [1.82, 2.24) is 4.90 Å². The molecule has 0 fully saturated rings. The lowest BCUT2D eigenvalue weighted by molar-refractivity contribution is -0.139. The average molecular weight is 230 g/mol. The van der Waals surface area contributed by atoms with E-state index in [9.17, 15) is 9.59 Å². The molecule has 0 saturated heterocycles. The van der Waals surface area contributed by atoms with Crippen molar-refractivity contribution >= 4 is 11.9 Å². The minimum absolute atomic E-state index is 0.0761. The van der Waals surface area contributed by atoms with Gasteiger partial charge < -0.3 is 15.7 Å². The number of nitrogens with zero attached hydrogens (tertiary/aromatic N) is 1. The Kier molecular flexibility index (Phi) is 6.03. The van der Waals surface area contributed by atoms with Gasteiger partial charge in [0.05, 0.1) is 5.54 Å². The largest absolute Gasteiger partial charge is 0.481 e. The third-order valence-electron chi connectivity index (χ3n) is 2.49. The Morgan fingerprint density at radius 2 is 2.00 bits per heavy atom. The monoisotopic (exact) mass is 230 g/mol. The summed E-state index contributed by atoms with van der Waals surface area (Å²) < 4.78 is 0. The van der Waals surface area contributed by atoms with Crippen LogP contribution in [0.15, 0.2) is 0 Å². The fraction of sp³-hybridized carbons (Fsp3) is 0.818. The van der Waals surface area contributed by atoms with Gasteiger partial charge in [-0.05, 0) is 19.8 Å². The molecule has 0 aliphatic carbocycles. The van der Waals surface area contributed by atoms with Crippen LogP contribution in [0.5, 0.6) is 0 Å². The minimum Gasteiger partial charge on any atom is -0.481 e. The van der Waals surface area contributed by atoms with Gasteiger partial charge in [0.2, 0.25) is 5.91 Å². The van der Waals surface area contributed by atoms with Crippen molar-refractivity contribution in [2.24, 2.45) is 5.73 Å². The molecule has 0 aromatic carbocycles. The van der Waals surface area contributed by atoms with E-state index < -0.39 is 11.5 Å². The summed E-state index contributed by atoms with van der Waals surface area (Å²) in [5, 5.41) is 8.48. The summed E-state index contributed by atoms with van der Waals surface area (Å²) in [6.07, 6.45) is 2.02. The second-order valence-electron chi connectivity index (χ2n) is 4.39. The van der Waals surface area contributed by atoms with Crippen molar-refractivity contribution in [3.05, 3.63) is 0 Å². The molecule has 5 heteroatoms. The SMILES string of the molecule is CCCC(C)(N)C(=O)N(C)CCCC(=O)O. The van der Waals surface area contributed by atoms with Gasteiger partial charge in [0.15, 0.2) is 0 Å². The first-order valence-corrected chi connectivity index (χ1v) is 5.57. The van der Waals surface area contributed by atoms with E-state index in [1.165, 1.54) is 4.90 Å². The number of carboxylic acids is 1. The fourth-order valence-electron chi connectivity index (χ4n) is 1.63. The Morgan fingerprint density at radius 1 is 1.44 bits per heavy atom. The fourth-order valence-corrected chi connectivity index (χ4v) is 1.63. The Morgan fingerprint density at radius 3 is 2.44 bits per heavy atom. The van der Waals surface area contributed by atoms with Gasteiger partial charge in [-0.3, -0.25) is 9.59 Å². The van der Waals surface area contributed by atoms with Crippen molar-refractivity contribution in [1.29, 1.82) is 0 Å². The van der Waals surface area contributed by atoms with Crippen molar-refractivity contribution < 1.29 is 14.7 Å². The van der Waals surface area contributed by atoms with Gasteiger partial charge in [0.1, 0.15) is 0 Å². The summed E-state index contributed by atoms with van der Waals surface area (Å²) in [5.74, 6) is -0.968. The second-order valence-corrected chi connectivity index (χ2v) is 4.39. The molecule has 0 saturated carbocycles. The molecule has 0 bridgehead atoms. The number of amides is 1. The van der Waals surface area contributed by atoms with E-state index >= 15 is 0 Å². The van der Waals surface area contributed by atoms with E-state index in [0.29, 0.717) is 19.4 Å². The lowest BCUT2D eigenvalue weighted by Crippen LogP contribution is -2.52. The highest BCUT2D eigenvalue weighted by Gasteiger charge is 2.29. The van der Waals surface area contributed by atoms with Gasteiger partial charge in [-0.15, -0.1) is 0 Å². The Hall–Kier alpha value is -1.10. The van der Waals surface area contributed by atoms with Crippen molar-refractivity contribution in [3.63, 3.8) is 0 Å². The van der Waals surface area contributed by atoms with Gasteiger partial charge in [-0.25, -0.2) is 0 Å². The zero-order valence-corrected chi connectivity index (χ0v) is 10.3. The lowest BCUT2D eigenvalue weighted by Gasteiger charge is -2.28. The van der Waals surface area contributed by atoms with E-state index in [2.05, 4.69) is 0 Å². The average Bonchev–Trinajstić information content (AvgIpc) is 2.15. The molecule has 0 radical (unpaired) electrons. The van der Waals surface area contributed by atoms with Crippen LogP contribution >= 0.6 is 0 Å². The van der Waals surface area contributed by atoms with E-state index in [4.69, 9.17) is 10.8 Å². The predicted molar refractivity (Wildman–Crippen MR) is 62.0 cm³/mol. The number of carbonyl (C=O) groups is 2. The first-order valence-electron chi connectivity index (χ1n) is 5.57. The van der Waals surface area contributed by atoms with Crippen LogP contribution in [-0.4, -0.2) is 41.0 Å². The van der Waals surface area contributed by atoms with Crippen LogP contribution in [0.4, 0.5) is 0 Å². The number of aliphatic carboxylic acids is 1. The summed E-state index contributed by atoms with van der Waals surface area (Å²) in [5.41, 5.74) is 5.06. The first kappa shape index (κ1) is 14.9. The molecule has 1 unspecified atom stereocenters. The number of hydrogen-bond acceptors (Lipinski definition) is 3. The standard InChI is InChI=1S/C11H22N2O3/c1-4-7-11(2,12)10(16)13(3)8-5-6-9(14)15/h4-8,12H2,1-3H3,(H,14,15). The maximum Gasteiger partial charge on any atom is 0.303 e. The number of rotatable bonds is 7. The van der Waals surface area contributed by atoms with E-state index in [1.54, 1.807) is 14.0 Å². The van der Waals surface area contributed by atoms with E-state index in [1.807, 2.05) is 6.92 Å². The number of carboxylic acid groups (broad SMARTS) is 1. The third-order valence-corrected chi connectivity index (χ3v) is 2.49. The Balaban J connectivity index is 4.12. The molecule has 16 heavy (non-hydrogen) atoms. The topological polar surface area (TPSA) is 83.6 Å². The molecule has 1 amide bonds. The first-order chi connectivity index (χ1) is 7.31. The Labute approximate surface area is 96.6 Å². The van der Waals surface area contributed by atoms with E-state index in [-0.39, 0.29) is 12.3 Å². The maximum absolute atomic E-state index is 11.9. The lowest BCUT2D eigenvalue weighted by atomic mass is 9.96. The Bertz CT molecular complexity index is 252. The highest BCUT2D eigenvalue weighted by atomic mass is 16.4. The number of hydrogen-bond donors (Lipinski definition) is 2. The molecule has 0 aliphatic rings. The number of likely N-dealkylation sites (N-methyl/N-ethyl adjacent to an activating group) is 1. The van der Waals surface area contributed by atoms with Crippen LogP contribution in [0.3, 0.4) is 0 Å². The summed E-state index contributed by atoms with van der Waals surface area (Å²) >= 11 is 0. The molecule has 0 spiro atoms. The molecule has 0 aromatic heterocycles. The molecule has 1 atom stereocenters. The van der Waals surface area contributed by atoms with Crippen LogP contribution in [0.2, 0.25) is 0 Å². The number of nitrogens with two attached hydrogens (primary N) is 1. The molecular weight excluding hydrogens is 208 g/mol. The quantitative estimate of drug-likeness (QED) is 0.678. The predicted octanol–water partition coefficient (Wildman–Crippen LogP) is 0.827. The van der Waals surface area contributed by atoms with Crippen LogP contribution < -0.4 is 5.73 Å². The molecular formula is C11H22N2O3. The van der Waals surface area contributed by atoms with Crippen LogP contribution in [0.25, 0.3) is 0 Å². The van der Waals surface area contributed by atoms with Gasteiger partial charge in [0.25, 0.3) is 0 Å². The van der Waals surface area contributed by atoms with Crippen molar-refractivity contribution in [2.45, 2.75) is 45.1 Å². The number of carbonyl (C=O) groups excluding carboxylic acids is 1. The molecule has 3 N–H and O–H groups in total. The molecule has 0 aromatic rings. The highest BCUT2D eigenvalue weighted by molar-refractivity contribution is 5.85. The van der Waals surface area contributed by atoms with E-state index in [0.717, 1.165) is 6.42 Å². The smallest absolute Gasteiger partial charge is 0.303 e. The van der Waals surface area contributed by atoms with Crippen LogP contribution in [0.1, 0.15) is 39.5 Å². The van der Waals surface area contributed by atoms with Crippen LogP contribution in [-0.2, 0) is 9.59 Å². The summed E-state index contributed by atoms with van der Waals surface area (Å²) in [4.78, 5) is 23.7. The summed E-state index contributed by atoms with van der Waals surface area (Å²) in [6, 6.07) is 0.